The van der Waals surface area contributed by atoms with Crippen molar-refractivity contribution in [2.75, 3.05) is 45.2 Å². The molecule has 1 fully saturated rings. The largest absolute Gasteiger partial charge is 0.495 e. The van der Waals surface area contributed by atoms with Crippen LogP contribution in [-0.4, -0.2) is 65.5 Å². The van der Waals surface area contributed by atoms with E-state index in [1.165, 1.54) is 0 Å². The molecule has 1 aliphatic heterocycles. The fraction of sp³-hybridized carbons (Fsp3) is 0.292. The third kappa shape index (κ3) is 3.91. The standard InChI is InChI=1S/C24H26N6O3/c1-25-23(31)17-5-6-19(21(13-17)33-2)29-10-8-28(9-11-29)15-16-12-18-22(26-14-16)20-4-3-7-30(20)24(32)27-18/h3-7,12-14H,8-11,15H2,1-2H3,(H,25,31)(H,27,32). The first-order valence-corrected chi connectivity index (χ1v) is 10.9. The molecule has 0 aliphatic carbocycles. The van der Waals surface area contributed by atoms with Crippen LogP contribution in [-0.2, 0) is 6.54 Å². The second-order valence-corrected chi connectivity index (χ2v) is 8.16. The zero-order valence-corrected chi connectivity index (χ0v) is 18.7. The van der Waals surface area contributed by atoms with Gasteiger partial charge in [0, 0.05) is 57.7 Å². The molecule has 0 radical (unpaired) electrons. The molecule has 4 heterocycles. The summed E-state index contributed by atoms with van der Waals surface area (Å²) in [6.45, 7) is 4.22. The number of aromatic nitrogens is 3. The highest BCUT2D eigenvalue weighted by Gasteiger charge is 2.21. The number of carbonyl (C=O) groups is 1. The van der Waals surface area contributed by atoms with Gasteiger partial charge in [0.2, 0.25) is 0 Å². The SMILES string of the molecule is CNC(=O)c1ccc(N2CCN(Cc3cnc4c(c3)[nH]c(=O)n3cccc43)CC2)c(OC)c1. The lowest BCUT2D eigenvalue weighted by Gasteiger charge is -2.36. The van der Waals surface area contributed by atoms with Crippen LogP contribution in [0, 0.1) is 0 Å². The molecular formula is C24H26N6O3. The number of piperazine rings is 1. The monoisotopic (exact) mass is 446 g/mol. The number of nitrogens with zero attached hydrogens (tertiary/aromatic N) is 4. The molecule has 5 rings (SSSR count). The van der Waals surface area contributed by atoms with Crippen molar-refractivity contribution < 1.29 is 9.53 Å². The van der Waals surface area contributed by atoms with E-state index in [2.05, 4.69) is 25.1 Å². The van der Waals surface area contributed by atoms with E-state index in [1.54, 1.807) is 30.8 Å². The molecule has 1 saturated heterocycles. The number of amides is 1. The van der Waals surface area contributed by atoms with Crippen LogP contribution in [0.25, 0.3) is 16.6 Å². The Morgan fingerprint density at radius 3 is 2.76 bits per heavy atom. The summed E-state index contributed by atoms with van der Waals surface area (Å²) in [4.78, 5) is 36.4. The van der Waals surface area contributed by atoms with Crippen molar-refractivity contribution in [1.82, 2.24) is 24.6 Å². The van der Waals surface area contributed by atoms with Crippen LogP contribution in [0.3, 0.4) is 0 Å². The molecule has 3 aromatic heterocycles. The van der Waals surface area contributed by atoms with Crippen LogP contribution in [0.1, 0.15) is 15.9 Å². The summed E-state index contributed by atoms with van der Waals surface area (Å²) in [6.07, 6.45) is 3.63. The van der Waals surface area contributed by atoms with E-state index in [0.717, 1.165) is 60.5 Å². The zero-order chi connectivity index (χ0) is 22.9. The van der Waals surface area contributed by atoms with Gasteiger partial charge in [0.15, 0.2) is 0 Å². The normalized spacial score (nSPS) is 14.7. The summed E-state index contributed by atoms with van der Waals surface area (Å²) in [5.74, 6) is 0.566. The predicted octanol–water partition coefficient (Wildman–Crippen LogP) is 1.87. The number of hydrogen-bond donors (Lipinski definition) is 2. The minimum Gasteiger partial charge on any atom is -0.495 e. The van der Waals surface area contributed by atoms with Crippen LogP contribution in [0.15, 0.2) is 53.6 Å². The molecule has 0 saturated carbocycles. The number of carbonyl (C=O) groups excluding carboxylic acids is 1. The maximum atomic E-state index is 12.3. The van der Waals surface area contributed by atoms with E-state index in [4.69, 9.17) is 4.74 Å². The molecule has 0 spiro atoms. The quantitative estimate of drug-likeness (QED) is 0.486. The van der Waals surface area contributed by atoms with Crippen LogP contribution in [0.2, 0.25) is 0 Å². The smallest absolute Gasteiger partial charge is 0.330 e. The Morgan fingerprint density at radius 2 is 2.00 bits per heavy atom. The molecule has 0 atom stereocenters. The number of ether oxygens (including phenoxy) is 1. The topological polar surface area (TPSA) is 95.0 Å². The third-order valence-electron chi connectivity index (χ3n) is 6.18. The maximum absolute atomic E-state index is 12.3. The molecule has 2 N–H and O–H groups in total. The van der Waals surface area contributed by atoms with Gasteiger partial charge < -0.3 is 19.9 Å². The first-order chi connectivity index (χ1) is 16.1. The van der Waals surface area contributed by atoms with Gasteiger partial charge in [0.25, 0.3) is 5.91 Å². The van der Waals surface area contributed by atoms with Crippen LogP contribution in [0.4, 0.5) is 5.69 Å². The van der Waals surface area contributed by atoms with E-state index < -0.39 is 0 Å². The summed E-state index contributed by atoms with van der Waals surface area (Å²) in [7, 11) is 3.24. The fourth-order valence-electron chi connectivity index (χ4n) is 4.45. The van der Waals surface area contributed by atoms with Crippen molar-refractivity contribution >= 4 is 28.1 Å². The van der Waals surface area contributed by atoms with Gasteiger partial charge in [-0.3, -0.25) is 19.1 Å². The maximum Gasteiger partial charge on any atom is 0.330 e. The van der Waals surface area contributed by atoms with Crippen molar-refractivity contribution in [3.63, 3.8) is 0 Å². The van der Waals surface area contributed by atoms with Gasteiger partial charge in [-0.25, -0.2) is 4.79 Å². The average Bonchev–Trinajstić information content (AvgIpc) is 3.34. The Labute approximate surface area is 190 Å². The highest BCUT2D eigenvalue weighted by atomic mass is 16.5. The van der Waals surface area contributed by atoms with Gasteiger partial charge in [-0.1, -0.05) is 0 Å². The summed E-state index contributed by atoms with van der Waals surface area (Å²) in [5, 5.41) is 2.64. The number of anilines is 1. The molecule has 4 aromatic rings. The number of H-pyrrole nitrogens is 1. The number of aromatic amines is 1. The molecule has 1 aliphatic rings. The van der Waals surface area contributed by atoms with E-state index in [1.807, 2.05) is 36.5 Å². The zero-order valence-electron chi connectivity index (χ0n) is 18.7. The van der Waals surface area contributed by atoms with Gasteiger partial charge in [0.1, 0.15) is 11.3 Å². The van der Waals surface area contributed by atoms with Crippen molar-refractivity contribution in [3.8, 4) is 5.75 Å². The molecule has 0 unspecified atom stereocenters. The lowest BCUT2D eigenvalue weighted by atomic mass is 10.1. The van der Waals surface area contributed by atoms with E-state index in [9.17, 15) is 9.59 Å². The molecule has 1 amide bonds. The Bertz CT molecular complexity index is 1380. The lowest BCUT2D eigenvalue weighted by Crippen LogP contribution is -2.46. The average molecular weight is 447 g/mol. The first-order valence-electron chi connectivity index (χ1n) is 10.9. The summed E-state index contributed by atoms with van der Waals surface area (Å²) in [6, 6.07) is 11.3. The molecule has 0 bridgehead atoms. The van der Waals surface area contributed by atoms with Crippen LogP contribution in [0.5, 0.6) is 5.75 Å². The van der Waals surface area contributed by atoms with Gasteiger partial charge in [-0.05, 0) is 42.0 Å². The third-order valence-corrected chi connectivity index (χ3v) is 6.18. The highest BCUT2D eigenvalue weighted by molar-refractivity contribution is 5.95. The predicted molar refractivity (Wildman–Crippen MR) is 127 cm³/mol. The molecule has 9 nitrogen and oxygen atoms in total. The van der Waals surface area contributed by atoms with Gasteiger partial charge in [-0.15, -0.1) is 0 Å². The van der Waals surface area contributed by atoms with Gasteiger partial charge in [-0.2, -0.15) is 0 Å². The number of benzene rings is 1. The Balaban J connectivity index is 1.29. The van der Waals surface area contributed by atoms with Crippen LogP contribution >= 0.6 is 0 Å². The summed E-state index contributed by atoms with van der Waals surface area (Å²) < 4.78 is 7.13. The second-order valence-electron chi connectivity index (χ2n) is 8.16. The van der Waals surface area contributed by atoms with Crippen LogP contribution < -0.4 is 20.6 Å². The van der Waals surface area contributed by atoms with E-state index in [0.29, 0.717) is 11.3 Å². The van der Waals surface area contributed by atoms with Crippen molar-refractivity contribution in [3.05, 3.63) is 70.4 Å². The first kappa shape index (κ1) is 21.0. The lowest BCUT2D eigenvalue weighted by molar-refractivity contribution is 0.0962. The highest BCUT2D eigenvalue weighted by Crippen LogP contribution is 2.30. The number of methoxy groups -OCH3 is 1. The fourth-order valence-corrected chi connectivity index (χ4v) is 4.45. The van der Waals surface area contributed by atoms with E-state index in [-0.39, 0.29) is 11.6 Å². The molecular weight excluding hydrogens is 420 g/mol. The number of nitrogens with one attached hydrogen (secondary N) is 2. The van der Waals surface area contributed by atoms with E-state index >= 15 is 0 Å². The Kier molecular flexibility index (Phi) is 5.47. The Morgan fingerprint density at radius 1 is 1.18 bits per heavy atom. The summed E-state index contributed by atoms with van der Waals surface area (Å²) >= 11 is 0. The molecule has 9 heteroatoms. The minimum absolute atomic E-state index is 0.132. The number of hydrogen-bond acceptors (Lipinski definition) is 6. The number of fused-ring (bicyclic) bond motifs is 3. The molecule has 33 heavy (non-hydrogen) atoms. The molecule has 1 aromatic carbocycles. The van der Waals surface area contributed by atoms with Gasteiger partial charge >= 0.3 is 5.69 Å². The van der Waals surface area contributed by atoms with Gasteiger partial charge in [0.05, 0.1) is 23.8 Å². The minimum atomic E-state index is -0.161. The second kappa shape index (κ2) is 8.59. The number of pyridine rings is 1. The number of rotatable bonds is 5. The van der Waals surface area contributed by atoms with Crippen molar-refractivity contribution in [2.45, 2.75) is 6.54 Å². The summed E-state index contributed by atoms with van der Waals surface area (Å²) in [5.41, 5.74) is 4.83. The van der Waals surface area contributed by atoms with Crippen molar-refractivity contribution in [2.24, 2.45) is 0 Å². The Hall–Kier alpha value is -3.85. The van der Waals surface area contributed by atoms with Crippen molar-refractivity contribution in [1.29, 1.82) is 0 Å². The molecule has 170 valence electrons.